The van der Waals surface area contributed by atoms with Gasteiger partial charge in [-0.2, -0.15) is 0 Å². The third-order valence-corrected chi connectivity index (χ3v) is 10.7. The molecule has 0 saturated carbocycles. The van der Waals surface area contributed by atoms with Gasteiger partial charge in [0.15, 0.2) is 0 Å². The number of aliphatic hydroxyl groups is 1. The Morgan fingerprint density at radius 3 is 2.29 bits per heavy atom. The van der Waals surface area contributed by atoms with E-state index in [4.69, 9.17) is 4.74 Å². The predicted octanol–water partition coefficient (Wildman–Crippen LogP) is 7.23. The Bertz CT molecular complexity index is 1760. The maximum absolute atomic E-state index is 12.8. The second kappa shape index (κ2) is 17.7. The Kier molecular flexibility index (Phi) is 12.6. The number of amides is 1. The minimum absolute atomic E-state index is 0.0118. The number of carboxylic acid groups (broad SMARTS) is 1. The first kappa shape index (κ1) is 36.4. The molecule has 0 spiro atoms. The van der Waals surface area contributed by atoms with Crippen LogP contribution in [-0.2, 0) is 0 Å². The minimum Gasteiger partial charge on any atom is -0.506 e. The molecule has 51 heavy (non-hydrogen) atoms. The van der Waals surface area contributed by atoms with E-state index in [0.717, 1.165) is 88.9 Å². The number of fused-ring (bicyclic) bond motifs is 4. The third kappa shape index (κ3) is 9.30. The van der Waals surface area contributed by atoms with Gasteiger partial charge < -0.3 is 35.3 Å². The SMILES string of the molecule is O=C(O)N(c1ccc(OCCCCCCCCCNC[C@H](O)c2ccc(O)c3[nH]c(=O)ccc23)cc1)[C@@H](c1ccccc1)C1CN2CCC1CC2. The van der Waals surface area contributed by atoms with Crippen LogP contribution in [0.3, 0.4) is 0 Å². The van der Waals surface area contributed by atoms with Gasteiger partial charge in [-0.05, 0) is 105 Å². The van der Waals surface area contributed by atoms with E-state index in [1.807, 2.05) is 42.5 Å². The van der Waals surface area contributed by atoms with E-state index in [1.54, 1.807) is 17.0 Å². The van der Waals surface area contributed by atoms with Crippen molar-refractivity contribution >= 4 is 22.7 Å². The van der Waals surface area contributed by atoms with Gasteiger partial charge in [-0.25, -0.2) is 4.79 Å². The summed E-state index contributed by atoms with van der Waals surface area (Å²) in [5.74, 6) is 1.53. The smallest absolute Gasteiger partial charge is 0.412 e. The zero-order chi connectivity index (χ0) is 35.6. The second-order valence-electron chi connectivity index (χ2n) is 14.1. The lowest BCUT2D eigenvalue weighted by molar-refractivity contribution is 0.0358. The van der Waals surface area contributed by atoms with Gasteiger partial charge >= 0.3 is 6.09 Å². The number of H-pyrrole nitrogens is 1. The molecule has 1 aromatic heterocycles. The lowest BCUT2D eigenvalue weighted by Gasteiger charge is -2.49. The summed E-state index contributed by atoms with van der Waals surface area (Å²) in [7, 11) is 0. The summed E-state index contributed by atoms with van der Waals surface area (Å²) >= 11 is 0. The number of aliphatic hydroxyl groups excluding tert-OH is 1. The van der Waals surface area contributed by atoms with Crippen molar-refractivity contribution in [1.82, 2.24) is 15.2 Å². The summed E-state index contributed by atoms with van der Waals surface area (Å²) in [5, 5.41) is 35.2. The van der Waals surface area contributed by atoms with Crippen LogP contribution >= 0.6 is 0 Å². The van der Waals surface area contributed by atoms with Crippen molar-refractivity contribution in [3.8, 4) is 11.5 Å². The van der Waals surface area contributed by atoms with Gasteiger partial charge in [-0.1, -0.05) is 68.5 Å². The van der Waals surface area contributed by atoms with E-state index in [-0.39, 0.29) is 23.3 Å². The summed E-state index contributed by atoms with van der Waals surface area (Å²) in [6.45, 7) is 5.00. The largest absolute Gasteiger partial charge is 0.506 e. The maximum atomic E-state index is 12.8. The van der Waals surface area contributed by atoms with E-state index in [1.165, 1.54) is 18.6 Å². The van der Waals surface area contributed by atoms with Crippen molar-refractivity contribution in [3.63, 3.8) is 0 Å². The van der Waals surface area contributed by atoms with Crippen molar-refractivity contribution in [1.29, 1.82) is 0 Å². The normalized spacial score (nSPS) is 19.5. The minimum atomic E-state index is -0.927. The lowest BCUT2D eigenvalue weighted by atomic mass is 9.73. The first-order valence-electron chi connectivity index (χ1n) is 18.6. The van der Waals surface area contributed by atoms with Gasteiger partial charge in [0.25, 0.3) is 0 Å². The van der Waals surface area contributed by atoms with Crippen molar-refractivity contribution in [2.75, 3.05) is 44.2 Å². The molecule has 2 bridgehead atoms. The van der Waals surface area contributed by atoms with E-state index < -0.39 is 12.2 Å². The molecule has 10 nitrogen and oxygen atoms in total. The van der Waals surface area contributed by atoms with Crippen LogP contribution in [0.2, 0.25) is 0 Å². The quantitative estimate of drug-likeness (QED) is 0.0687. The molecule has 1 unspecified atom stereocenters. The van der Waals surface area contributed by atoms with E-state index >= 15 is 0 Å². The van der Waals surface area contributed by atoms with Crippen LogP contribution in [-0.4, -0.2) is 70.6 Å². The monoisotopic (exact) mass is 696 g/mol. The molecule has 272 valence electrons. The molecule has 10 heteroatoms. The van der Waals surface area contributed by atoms with E-state index in [9.17, 15) is 24.9 Å². The Hall–Kier alpha value is -4.38. The molecular weight excluding hydrogens is 644 g/mol. The molecule has 0 radical (unpaired) electrons. The highest BCUT2D eigenvalue weighted by Crippen LogP contribution is 2.44. The van der Waals surface area contributed by atoms with Gasteiger partial charge in [-0.3, -0.25) is 9.69 Å². The predicted molar refractivity (Wildman–Crippen MR) is 201 cm³/mol. The Labute approximate surface area is 300 Å². The molecule has 4 heterocycles. The van der Waals surface area contributed by atoms with Crippen molar-refractivity contribution in [2.45, 2.75) is 69.9 Å². The van der Waals surface area contributed by atoms with Crippen molar-refractivity contribution in [3.05, 3.63) is 100 Å². The van der Waals surface area contributed by atoms with Gasteiger partial charge in [-0.15, -0.1) is 0 Å². The van der Waals surface area contributed by atoms with Crippen molar-refractivity contribution < 1.29 is 24.9 Å². The fourth-order valence-electron chi connectivity index (χ4n) is 8.02. The first-order chi connectivity index (χ1) is 24.9. The fraction of sp³-hybridized carbons (Fsp3) is 0.463. The molecule has 3 fully saturated rings. The number of rotatable bonds is 18. The zero-order valence-corrected chi connectivity index (χ0v) is 29.4. The van der Waals surface area contributed by atoms with Crippen LogP contribution < -0.4 is 20.5 Å². The number of anilines is 1. The van der Waals surface area contributed by atoms with Crippen LogP contribution in [0, 0.1) is 11.8 Å². The highest BCUT2D eigenvalue weighted by Gasteiger charge is 2.43. The summed E-state index contributed by atoms with van der Waals surface area (Å²) in [6.07, 6.45) is 8.28. The van der Waals surface area contributed by atoms with Gasteiger partial charge in [0.1, 0.15) is 11.5 Å². The summed E-state index contributed by atoms with van der Waals surface area (Å²) in [5.41, 5.74) is 2.44. The van der Waals surface area contributed by atoms with E-state index in [0.29, 0.717) is 41.2 Å². The third-order valence-electron chi connectivity index (χ3n) is 10.7. The number of benzene rings is 3. The summed E-state index contributed by atoms with van der Waals surface area (Å²) in [6, 6.07) is 23.7. The van der Waals surface area contributed by atoms with Crippen LogP contribution in [0.25, 0.3) is 10.9 Å². The number of pyridine rings is 1. The highest BCUT2D eigenvalue weighted by molar-refractivity contribution is 5.88. The molecule has 1 amide bonds. The molecule has 0 aliphatic carbocycles. The second-order valence-corrected chi connectivity index (χ2v) is 14.1. The number of nitrogens with zero attached hydrogens (tertiary/aromatic N) is 2. The average molecular weight is 697 g/mol. The molecule has 3 aliphatic rings. The first-order valence-corrected chi connectivity index (χ1v) is 18.6. The van der Waals surface area contributed by atoms with Crippen LogP contribution in [0.1, 0.15) is 81.1 Å². The van der Waals surface area contributed by atoms with Crippen LogP contribution in [0.4, 0.5) is 10.5 Å². The molecule has 3 saturated heterocycles. The number of unbranched alkanes of at least 4 members (excludes halogenated alkanes) is 6. The average Bonchev–Trinajstić information content (AvgIpc) is 3.15. The van der Waals surface area contributed by atoms with Gasteiger partial charge in [0.05, 0.1) is 24.3 Å². The van der Waals surface area contributed by atoms with Crippen LogP contribution in [0.15, 0.2) is 83.7 Å². The number of hydrogen-bond acceptors (Lipinski definition) is 7. The molecule has 3 aromatic carbocycles. The fourth-order valence-corrected chi connectivity index (χ4v) is 8.02. The van der Waals surface area contributed by atoms with Crippen molar-refractivity contribution in [2.24, 2.45) is 11.8 Å². The number of phenols is 1. The topological polar surface area (TPSA) is 138 Å². The van der Waals surface area contributed by atoms with Gasteiger partial charge in [0.2, 0.25) is 5.56 Å². The molecular formula is C41H52N4O6. The zero-order valence-electron chi connectivity index (χ0n) is 29.4. The number of aromatic hydroxyl groups is 1. The number of aromatic nitrogens is 1. The molecule has 7 rings (SSSR count). The van der Waals surface area contributed by atoms with Crippen LogP contribution in [0.5, 0.6) is 11.5 Å². The number of nitrogens with one attached hydrogen (secondary N) is 2. The standard InChI is InChI=1S/C41H52N4O6/c46-36-19-17-33(34-18-20-38(48)43-39(34)36)37(47)27-42-23-9-4-2-1-3-5-10-26-51-32-15-13-31(14-16-32)45(41(49)50)40(30-11-7-6-8-12-30)35-28-44-24-21-29(35)22-25-44/h6-8,11-20,29,35,37,40,42,46-47H,1-5,9-10,21-28H2,(H,43,48)(H,49,50)/t35?,37-,40-/m0/s1. The summed E-state index contributed by atoms with van der Waals surface area (Å²) in [4.78, 5) is 31.1. The number of phenolic OH excluding ortho intramolecular Hbond substituents is 1. The van der Waals surface area contributed by atoms with Gasteiger partial charge in [0, 0.05) is 30.2 Å². The maximum Gasteiger partial charge on any atom is 0.412 e. The Balaban J connectivity index is 0.874. The summed E-state index contributed by atoms with van der Waals surface area (Å²) < 4.78 is 6.03. The number of piperidine rings is 3. The molecule has 3 aliphatic heterocycles. The molecule has 4 aromatic rings. The number of ether oxygens (including phenoxy) is 1. The Morgan fingerprint density at radius 1 is 0.902 bits per heavy atom. The Morgan fingerprint density at radius 2 is 1.61 bits per heavy atom. The highest BCUT2D eigenvalue weighted by atomic mass is 16.5. The van der Waals surface area contributed by atoms with E-state index in [2.05, 4.69) is 27.3 Å². The number of carbonyl (C=O) groups is 1. The number of aromatic amines is 1. The molecule has 3 atom stereocenters. The molecule has 5 N–H and O–H groups in total. The lowest BCUT2D eigenvalue weighted by Crippen LogP contribution is -2.53. The number of hydrogen-bond donors (Lipinski definition) is 5.